The summed E-state index contributed by atoms with van der Waals surface area (Å²) < 4.78 is 27.5. The van der Waals surface area contributed by atoms with Crippen molar-refractivity contribution in [3.8, 4) is 11.5 Å². The average Bonchev–Trinajstić information content (AvgIpc) is 3.07. The third-order valence-electron chi connectivity index (χ3n) is 7.39. The number of nitrogens with one attached hydrogen (secondary N) is 1. The molecule has 0 aliphatic rings. The third kappa shape index (κ3) is 11.1. The van der Waals surface area contributed by atoms with E-state index in [1.165, 1.54) is 33.2 Å². The number of pyridine rings is 1. The lowest BCUT2D eigenvalue weighted by atomic mass is 9.90. The zero-order chi connectivity index (χ0) is 36.1. The first-order valence-corrected chi connectivity index (χ1v) is 15.7. The number of hydrogen-bond acceptors (Lipinski definition) is 12. The Labute approximate surface area is 284 Å². The number of esters is 4. The van der Waals surface area contributed by atoms with Gasteiger partial charge in [0.1, 0.15) is 24.7 Å². The van der Waals surface area contributed by atoms with Crippen LogP contribution in [0.15, 0.2) is 72.9 Å². The van der Waals surface area contributed by atoms with E-state index in [1.807, 2.05) is 12.1 Å². The molecule has 13 heteroatoms. The molecule has 49 heavy (non-hydrogen) atoms. The summed E-state index contributed by atoms with van der Waals surface area (Å²) in [6.07, 6.45) is -2.60. The van der Waals surface area contributed by atoms with Crippen molar-refractivity contribution in [3.63, 3.8) is 0 Å². The lowest BCUT2D eigenvalue weighted by Gasteiger charge is -2.32. The summed E-state index contributed by atoms with van der Waals surface area (Å²) in [6, 6.07) is 17.7. The topological polar surface area (TPSA) is 177 Å². The predicted molar refractivity (Wildman–Crippen MR) is 175 cm³/mol. The lowest BCUT2D eigenvalue weighted by Crippen LogP contribution is -2.52. The molecule has 13 nitrogen and oxygen atoms in total. The van der Waals surface area contributed by atoms with E-state index < -0.39 is 77.4 Å². The molecular weight excluding hydrogens is 636 g/mol. The Morgan fingerprint density at radius 1 is 0.776 bits per heavy atom. The van der Waals surface area contributed by atoms with Crippen LogP contribution >= 0.6 is 0 Å². The number of carbonyl (C=O) groups is 5. The zero-order valence-electron chi connectivity index (χ0n) is 28.3. The number of ether oxygens (including phenoxy) is 5. The van der Waals surface area contributed by atoms with Gasteiger partial charge in [0.25, 0.3) is 5.91 Å². The van der Waals surface area contributed by atoms with Gasteiger partial charge in [-0.2, -0.15) is 0 Å². The van der Waals surface area contributed by atoms with Crippen molar-refractivity contribution >= 4 is 29.8 Å². The van der Waals surface area contributed by atoms with Crippen LogP contribution in [0.25, 0.3) is 0 Å². The first kappa shape index (κ1) is 38.0. The minimum atomic E-state index is -1.62. The van der Waals surface area contributed by atoms with Gasteiger partial charge in [0.2, 0.25) is 0 Å². The molecule has 5 atom stereocenters. The molecule has 0 fully saturated rings. The normalized spacial score (nSPS) is 13.9. The Kier molecular flexibility index (Phi) is 14.1. The number of benzene rings is 2. The van der Waals surface area contributed by atoms with Gasteiger partial charge < -0.3 is 34.1 Å². The summed E-state index contributed by atoms with van der Waals surface area (Å²) in [5.41, 5.74) is 1.000. The molecule has 3 aromatic rings. The zero-order valence-corrected chi connectivity index (χ0v) is 28.3. The van der Waals surface area contributed by atoms with Crippen molar-refractivity contribution in [2.24, 2.45) is 11.8 Å². The van der Waals surface area contributed by atoms with Crippen LogP contribution in [0.4, 0.5) is 0 Å². The van der Waals surface area contributed by atoms with E-state index in [9.17, 15) is 29.1 Å². The highest BCUT2D eigenvalue weighted by Crippen LogP contribution is 2.28. The van der Waals surface area contributed by atoms with E-state index in [0.717, 1.165) is 18.1 Å². The SMILES string of the molecule is COc1ccnc(C(=O)NC(C(=O)O[C@@H](C)C(OC(=O)C(C)C)[C@@H](Cc2ccccc2)C(=O)OCc2ccccc2)[C@@H](C)OC(C)=O)c1O. The molecule has 0 bridgehead atoms. The lowest BCUT2D eigenvalue weighted by molar-refractivity contribution is -0.183. The van der Waals surface area contributed by atoms with Gasteiger partial charge in [-0.25, -0.2) is 9.78 Å². The van der Waals surface area contributed by atoms with Crippen LogP contribution in [-0.4, -0.2) is 71.3 Å². The maximum atomic E-state index is 13.7. The maximum Gasteiger partial charge on any atom is 0.332 e. The van der Waals surface area contributed by atoms with Crippen LogP contribution in [0.1, 0.15) is 56.2 Å². The second-order valence-corrected chi connectivity index (χ2v) is 11.6. The minimum Gasteiger partial charge on any atom is -0.503 e. The van der Waals surface area contributed by atoms with Crippen molar-refractivity contribution < 1.29 is 52.8 Å². The molecule has 0 radical (unpaired) electrons. The molecule has 0 aliphatic carbocycles. The molecule has 1 aromatic heterocycles. The number of carbonyl (C=O) groups excluding carboxylic acids is 5. The number of hydrogen-bond donors (Lipinski definition) is 2. The summed E-state index contributed by atoms with van der Waals surface area (Å²) in [6.45, 7) is 7.09. The van der Waals surface area contributed by atoms with E-state index in [2.05, 4.69) is 10.3 Å². The van der Waals surface area contributed by atoms with Crippen molar-refractivity contribution in [2.75, 3.05) is 7.11 Å². The van der Waals surface area contributed by atoms with Crippen LogP contribution in [-0.2, 0) is 51.2 Å². The molecule has 1 heterocycles. The molecule has 3 rings (SSSR count). The van der Waals surface area contributed by atoms with Crippen LogP contribution in [0.2, 0.25) is 0 Å². The average molecular weight is 679 g/mol. The van der Waals surface area contributed by atoms with Gasteiger partial charge in [-0.15, -0.1) is 0 Å². The van der Waals surface area contributed by atoms with Gasteiger partial charge in [0.05, 0.1) is 13.0 Å². The second kappa shape index (κ2) is 18.2. The molecule has 0 spiro atoms. The Morgan fingerprint density at radius 2 is 1.39 bits per heavy atom. The van der Waals surface area contributed by atoms with Crippen molar-refractivity contribution in [3.05, 3.63) is 89.7 Å². The van der Waals surface area contributed by atoms with Gasteiger partial charge in [0.15, 0.2) is 29.3 Å². The van der Waals surface area contributed by atoms with Gasteiger partial charge >= 0.3 is 23.9 Å². The van der Waals surface area contributed by atoms with E-state index in [0.29, 0.717) is 0 Å². The summed E-state index contributed by atoms with van der Waals surface area (Å²) in [7, 11) is 1.28. The number of nitrogens with zero attached hydrogens (tertiary/aromatic N) is 1. The monoisotopic (exact) mass is 678 g/mol. The molecular formula is C36H42N2O11. The summed E-state index contributed by atoms with van der Waals surface area (Å²) in [5, 5.41) is 12.8. The molecule has 1 amide bonds. The largest absolute Gasteiger partial charge is 0.503 e. The highest BCUT2D eigenvalue weighted by molar-refractivity contribution is 5.98. The summed E-state index contributed by atoms with van der Waals surface area (Å²) in [4.78, 5) is 69.4. The number of aromatic nitrogens is 1. The van der Waals surface area contributed by atoms with Crippen LogP contribution < -0.4 is 10.1 Å². The van der Waals surface area contributed by atoms with E-state index in [-0.39, 0.29) is 18.8 Å². The predicted octanol–water partition coefficient (Wildman–Crippen LogP) is 3.95. The molecule has 262 valence electrons. The summed E-state index contributed by atoms with van der Waals surface area (Å²) >= 11 is 0. The standard InChI is InChI=1S/C36H42N2O11/c1-21(2)34(42)49-32(27(19-25-13-9-7-10-14-25)35(43)46-20-26-15-11-8-12-16-26)23(4)48-36(44)29(22(3)47-24(5)39)38-33(41)30-31(40)28(45-6)17-18-37-30/h7-18,21-23,27,29,32,40H,19-20H2,1-6H3,(H,38,41)/t22-,23+,27-,29?,32?/m1/s1. The first-order valence-electron chi connectivity index (χ1n) is 15.7. The van der Waals surface area contributed by atoms with Gasteiger partial charge in [-0.3, -0.25) is 19.2 Å². The molecule has 0 saturated heterocycles. The fraction of sp³-hybridized carbons (Fsp3) is 0.389. The minimum absolute atomic E-state index is 0.0423. The second-order valence-electron chi connectivity index (χ2n) is 11.6. The summed E-state index contributed by atoms with van der Waals surface area (Å²) in [5.74, 6) is -6.54. The van der Waals surface area contributed by atoms with Crippen LogP contribution in [0, 0.1) is 11.8 Å². The van der Waals surface area contributed by atoms with Crippen LogP contribution in [0.5, 0.6) is 11.5 Å². The Balaban J connectivity index is 1.95. The van der Waals surface area contributed by atoms with Crippen molar-refractivity contribution in [2.45, 2.75) is 72.0 Å². The molecule has 2 aromatic carbocycles. The van der Waals surface area contributed by atoms with Gasteiger partial charge in [0, 0.05) is 19.2 Å². The van der Waals surface area contributed by atoms with Crippen molar-refractivity contribution in [1.82, 2.24) is 10.3 Å². The number of rotatable bonds is 16. The molecule has 2 N–H and O–H groups in total. The highest BCUT2D eigenvalue weighted by atomic mass is 16.6. The quantitative estimate of drug-likeness (QED) is 0.165. The fourth-order valence-corrected chi connectivity index (χ4v) is 4.81. The first-order chi connectivity index (χ1) is 23.3. The molecule has 2 unspecified atom stereocenters. The fourth-order valence-electron chi connectivity index (χ4n) is 4.81. The van der Waals surface area contributed by atoms with Crippen molar-refractivity contribution in [1.29, 1.82) is 0 Å². The Hall–Kier alpha value is -5.46. The van der Waals surface area contributed by atoms with Crippen LogP contribution in [0.3, 0.4) is 0 Å². The third-order valence-corrected chi connectivity index (χ3v) is 7.39. The maximum absolute atomic E-state index is 13.7. The molecule has 0 aliphatic heterocycles. The molecule has 0 saturated carbocycles. The van der Waals surface area contributed by atoms with Gasteiger partial charge in [-0.05, 0) is 31.4 Å². The van der Waals surface area contributed by atoms with E-state index >= 15 is 0 Å². The smallest absolute Gasteiger partial charge is 0.332 e. The Morgan fingerprint density at radius 3 is 1.96 bits per heavy atom. The van der Waals surface area contributed by atoms with E-state index in [4.69, 9.17) is 23.7 Å². The van der Waals surface area contributed by atoms with E-state index in [1.54, 1.807) is 62.4 Å². The number of aromatic hydroxyl groups is 1. The number of methoxy groups -OCH3 is 1. The Bertz CT molecular complexity index is 1580. The number of amides is 1. The van der Waals surface area contributed by atoms with Gasteiger partial charge in [-0.1, -0.05) is 74.5 Å². The highest BCUT2D eigenvalue weighted by Gasteiger charge is 2.41.